The molecule has 1 amide bonds. The molecule has 0 spiro atoms. The van der Waals surface area contributed by atoms with E-state index in [2.05, 4.69) is 5.32 Å². The molecule has 2 rings (SSSR count). The van der Waals surface area contributed by atoms with E-state index < -0.39 is 11.9 Å². The Labute approximate surface area is 122 Å². The summed E-state index contributed by atoms with van der Waals surface area (Å²) in [5.74, 6) is -1.08. The van der Waals surface area contributed by atoms with E-state index in [1.165, 1.54) is 13.2 Å². The fraction of sp³-hybridized carbons (Fsp3) is 0.125. The molecule has 21 heavy (non-hydrogen) atoms. The minimum atomic E-state index is -1.09. The highest BCUT2D eigenvalue weighted by atomic mass is 16.5. The molecule has 0 unspecified atom stereocenters. The molecular weight excluding hydrogens is 270 g/mol. The molecule has 2 aromatic carbocycles. The van der Waals surface area contributed by atoms with Crippen LogP contribution < -0.4 is 10.1 Å². The lowest BCUT2D eigenvalue weighted by atomic mass is 10.1. The number of hydrogen-bond donors (Lipinski definition) is 2. The van der Waals surface area contributed by atoms with E-state index in [4.69, 9.17) is 9.84 Å². The Kier molecular flexibility index (Phi) is 4.23. The number of rotatable bonds is 4. The van der Waals surface area contributed by atoms with Gasteiger partial charge in [-0.25, -0.2) is 4.79 Å². The number of amides is 1. The van der Waals surface area contributed by atoms with Crippen LogP contribution in [0.3, 0.4) is 0 Å². The van der Waals surface area contributed by atoms with Gasteiger partial charge in [-0.05, 0) is 36.8 Å². The summed E-state index contributed by atoms with van der Waals surface area (Å²) < 4.78 is 5.13. The molecule has 0 aliphatic carbocycles. The monoisotopic (exact) mass is 285 g/mol. The second-order valence-corrected chi connectivity index (χ2v) is 4.51. The second-order valence-electron chi connectivity index (χ2n) is 4.51. The van der Waals surface area contributed by atoms with Crippen molar-refractivity contribution in [3.8, 4) is 5.75 Å². The van der Waals surface area contributed by atoms with Crippen LogP contribution in [-0.4, -0.2) is 24.1 Å². The summed E-state index contributed by atoms with van der Waals surface area (Å²) >= 11 is 0. The zero-order valence-electron chi connectivity index (χ0n) is 11.7. The third kappa shape index (κ3) is 3.20. The lowest BCUT2D eigenvalue weighted by molar-refractivity contribution is 0.0698. The van der Waals surface area contributed by atoms with Crippen molar-refractivity contribution in [2.24, 2.45) is 0 Å². The minimum absolute atomic E-state index is 0.0452. The molecule has 0 atom stereocenters. The van der Waals surface area contributed by atoms with Crippen molar-refractivity contribution in [3.63, 3.8) is 0 Å². The van der Waals surface area contributed by atoms with Crippen LogP contribution in [0.25, 0.3) is 0 Å². The van der Waals surface area contributed by atoms with Gasteiger partial charge < -0.3 is 15.2 Å². The van der Waals surface area contributed by atoms with E-state index in [0.717, 1.165) is 5.56 Å². The predicted octanol–water partition coefficient (Wildman–Crippen LogP) is 2.95. The molecule has 0 bridgehead atoms. The number of nitrogens with one attached hydrogen (secondary N) is 1. The Morgan fingerprint density at radius 1 is 1.10 bits per heavy atom. The maximum absolute atomic E-state index is 12.3. The number of anilines is 1. The van der Waals surface area contributed by atoms with Gasteiger partial charge in [0, 0.05) is 0 Å². The summed E-state index contributed by atoms with van der Waals surface area (Å²) in [7, 11) is 1.47. The third-order valence-corrected chi connectivity index (χ3v) is 3.01. The summed E-state index contributed by atoms with van der Waals surface area (Å²) in [5, 5.41) is 11.8. The van der Waals surface area contributed by atoms with Gasteiger partial charge in [0.1, 0.15) is 5.75 Å². The number of methoxy groups -OCH3 is 1. The van der Waals surface area contributed by atoms with E-state index in [0.29, 0.717) is 11.3 Å². The first kappa shape index (κ1) is 14.6. The molecule has 0 aliphatic rings. The number of para-hydroxylation sites is 1. The van der Waals surface area contributed by atoms with E-state index in [9.17, 15) is 9.59 Å². The number of aryl methyl sites for hydroxylation is 1. The van der Waals surface area contributed by atoms with Gasteiger partial charge in [0.15, 0.2) is 0 Å². The lowest BCUT2D eigenvalue weighted by Crippen LogP contribution is -2.15. The average molecular weight is 285 g/mol. The third-order valence-electron chi connectivity index (χ3n) is 3.01. The number of benzene rings is 2. The molecule has 0 fully saturated rings. The first-order chi connectivity index (χ1) is 10.0. The van der Waals surface area contributed by atoms with Crippen molar-refractivity contribution in [2.75, 3.05) is 12.4 Å². The Morgan fingerprint density at radius 2 is 1.81 bits per heavy atom. The number of ether oxygens (including phenoxy) is 1. The molecule has 0 saturated heterocycles. The number of hydrogen-bond acceptors (Lipinski definition) is 3. The minimum Gasteiger partial charge on any atom is -0.496 e. The standard InChI is InChI=1S/C16H15NO4/c1-10-7-8-11(16(19)20)13(9-10)17-15(18)12-5-3-4-6-14(12)21-2/h3-9H,1-2H3,(H,17,18)(H,19,20). The topological polar surface area (TPSA) is 75.6 Å². The van der Waals surface area contributed by atoms with Crippen LogP contribution in [0.5, 0.6) is 5.75 Å². The van der Waals surface area contributed by atoms with Crippen molar-refractivity contribution in [1.82, 2.24) is 0 Å². The number of aromatic carboxylic acids is 1. The van der Waals surface area contributed by atoms with Crippen molar-refractivity contribution in [2.45, 2.75) is 6.92 Å². The smallest absolute Gasteiger partial charge is 0.337 e. The molecule has 0 aliphatic heterocycles. The molecule has 2 aromatic rings. The van der Waals surface area contributed by atoms with E-state index in [1.807, 2.05) is 6.92 Å². The number of carbonyl (C=O) groups excluding carboxylic acids is 1. The van der Waals surface area contributed by atoms with Crippen LogP contribution >= 0.6 is 0 Å². The summed E-state index contributed by atoms with van der Waals surface area (Å²) in [6, 6.07) is 11.5. The average Bonchev–Trinajstić information content (AvgIpc) is 2.46. The first-order valence-electron chi connectivity index (χ1n) is 6.31. The second kappa shape index (κ2) is 6.09. The molecule has 0 saturated carbocycles. The quantitative estimate of drug-likeness (QED) is 0.905. The molecule has 0 aromatic heterocycles. The molecule has 0 radical (unpaired) electrons. The summed E-state index contributed by atoms with van der Waals surface area (Å²) in [6.45, 7) is 1.82. The van der Waals surface area contributed by atoms with Gasteiger partial charge in [0.05, 0.1) is 23.9 Å². The Morgan fingerprint density at radius 3 is 2.48 bits per heavy atom. The molecule has 5 heteroatoms. The Hall–Kier alpha value is -2.82. The highest BCUT2D eigenvalue weighted by Crippen LogP contribution is 2.22. The fourth-order valence-corrected chi connectivity index (χ4v) is 1.97. The van der Waals surface area contributed by atoms with Gasteiger partial charge in [-0.3, -0.25) is 4.79 Å². The number of carbonyl (C=O) groups is 2. The first-order valence-corrected chi connectivity index (χ1v) is 6.31. The van der Waals surface area contributed by atoms with Crippen LogP contribution in [0.15, 0.2) is 42.5 Å². The number of carboxylic acids is 1. The van der Waals surface area contributed by atoms with Crippen LogP contribution in [-0.2, 0) is 0 Å². The maximum Gasteiger partial charge on any atom is 0.337 e. The SMILES string of the molecule is COc1ccccc1C(=O)Nc1cc(C)ccc1C(=O)O. The zero-order chi connectivity index (χ0) is 15.4. The van der Waals surface area contributed by atoms with Gasteiger partial charge in [0.25, 0.3) is 5.91 Å². The Balaban J connectivity index is 2.36. The van der Waals surface area contributed by atoms with E-state index >= 15 is 0 Å². The van der Waals surface area contributed by atoms with Gasteiger partial charge >= 0.3 is 5.97 Å². The molecule has 2 N–H and O–H groups in total. The highest BCUT2D eigenvalue weighted by molar-refractivity contribution is 6.09. The zero-order valence-corrected chi connectivity index (χ0v) is 11.7. The normalized spacial score (nSPS) is 10.0. The number of carboxylic acid groups (broad SMARTS) is 1. The fourth-order valence-electron chi connectivity index (χ4n) is 1.97. The van der Waals surface area contributed by atoms with Crippen LogP contribution in [0.1, 0.15) is 26.3 Å². The molecule has 5 nitrogen and oxygen atoms in total. The van der Waals surface area contributed by atoms with Gasteiger partial charge in [-0.1, -0.05) is 18.2 Å². The van der Waals surface area contributed by atoms with Crippen molar-refractivity contribution in [3.05, 3.63) is 59.2 Å². The van der Waals surface area contributed by atoms with Crippen molar-refractivity contribution >= 4 is 17.6 Å². The lowest BCUT2D eigenvalue weighted by Gasteiger charge is -2.11. The molecule has 108 valence electrons. The maximum atomic E-state index is 12.3. The van der Waals surface area contributed by atoms with Crippen molar-refractivity contribution in [1.29, 1.82) is 0 Å². The summed E-state index contributed by atoms with van der Waals surface area (Å²) in [5.41, 5.74) is 1.51. The van der Waals surface area contributed by atoms with Gasteiger partial charge in [-0.15, -0.1) is 0 Å². The van der Waals surface area contributed by atoms with E-state index in [-0.39, 0.29) is 11.3 Å². The Bertz CT molecular complexity index is 694. The summed E-state index contributed by atoms with van der Waals surface area (Å²) in [6.07, 6.45) is 0. The largest absolute Gasteiger partial charge is 0.496 e. The van der Waals surface area contributed by atoms with Crippen LogP contribution in [0.2, 0.25) is 0 Å². The van der Waals surface area contributed by atoms with Crippen LogP contribution in [0, 0.1) is 6.92 Å². The van der Waals surface area contributed by atoms with Gasteiger partial charge in [0.2, 0.25) is 0 Å². The highest BCUT2D eigenvalue weighted by Gasteiger charge is 2.16. The predicted molar refractivity (Wildman–Crippen MR) is 79.1 cm³/mol. The van der Waals surface area contributed by atoms with Crippen molar-refractivity contribution < 1.29 is 19.4 Å². The van der Waals surface area contributed by atoms with Gasteiger partial charge in [-0.2, -0.15) is 0 Å². The molecular formula is C16H15NO4. The summed E-state index contributed by atoms with van der Waals surface area (Å²) in [4.78, 5) is 23.5. The molecule has 0 heterocycles. The van der Waals surface area contributed by atoms with E-state index in [1.54, 1.807) is 36.4 Å². The van der Waals surface area contributed by atoms with Crippen LogP contribution in [0.4, 0.5) is 5.69 Å².